The average Bonchev–Trinajstić information content (AvgIpc) is 2.44. The van der Waals surface area contributed by atoms with Crippen LogP contribution >= 0.6 is 0 Å². The van der Waals surface area contributed by atoms with Gasteiger partial charge in [-0.2, -0.15) is 0 Å². The molecule has 0 bridgehead atoms. The first-order valence-corrected chi connectivity index (χ1v) is 7.08. The van der Waals surface area contributed by atoms with Crippen molar-refractivity contribution in [2.24, 2.45) is 0 Å². The van der Waals surface area contributed by atoms with Gasteiger partial charge in [-0.15, -0.1) is 0 Å². The lowest BCUT2D eigenvalue weighted by Gasteiger charge is -2.20. The molecule has 0 radical (unpaired) electrons. The van der Waals surface area contributed by atoms with Crippen LogP contribution in [0.15, 0.2) is 18.2 Å². The van der Waals surface area contributed by atoms with Gasteiger partial charge in [0.25, 0.3) is 5.78 Å². The summed E-state index contributed by atoms with van der Waals surface area (Å²) in [5.41, 5.74) is -0.676. The van der Waals surface area contributed by atoms with Crippen LogP contribution in [0.4, 0.5) is 10.5 Å². The van der Waals surface area contributed by atoms with E-state index in [1.165, 1.54) is 19.2 Å². The first-order valence-electron chi connectivity index (χ1n) is 7.08. The molecule has 0 unspecified atom stereocenters. The van der Waals surface area contributed by atoms with E-state index in [-0.39, 0.29) is 23.6 Å². The number of anilines is 1. The van der Waals surface area contributed by atoms with Crippen molar-refractivity contribution in [1.29, 1.82) is 0 Å². The summed E-state index contributed by atoms with van der Waals surface area (Å²) in [5, 5.41) is 2.45. The molecule has 1 amide bonds. The molecule has 0 heterocycles. The largest absolute Gasteiger partial charge is 0.496 e. The molecule has 1 N–H and O–H groups in total. The van der Waals surface area contributed by atoms with Crippen LogP contribution in [-0.4, -0.2) is 37.2 Å². The second kappa shape index (κ2) is 7.62. The van der Waals surface area contributed by atoms with Gasteiger partial charge in [0.15, 0.2) is 0 Å². The number of benzene rings is 1. The Kier molecular flexibility index (Phi) is 6.12. The van der Waals surface area contributed by atoms with E-state index in [0.717, 1.165) is 0 Å². The zero-order valence-electron chi connectivity index (χ0n) is 13.9. The zero-order chi connectivity index (χ0) is 17.6. The third kappa shape index (κ3) is 5.28. The van der Waals surface area contributed by atoms with Gasteiger partial charge < -0.3 is 14.2 Å². The van der Waals surface area contributed by atoms with E-state index < -0.39 is 23.4 Å². The van der Waals surface area contributed by atoms with E-state index in [0.29, 0.717) is 0 Å². The van der Waals surface area contributed by atoms with Crippen LogP contribution in [0.2, 0.25) is 0 Å². The Balaban J connectivity index is 3.15. The fourth-order valence-corrected chi connectivity index (χ4v) is 1.75. The number of methoxy groups -OCH3 is 1. The molecular formula is C16H21NO6. The molecule has 1 aromatic carbocycles. The lowest BCUT2D eigenvalue weighted by molar-refractivity contribution is -0.137. The SMILES string of the molecule is CCOC(=O)C(=O)c1c(NC(=O)OC(C)(C)C)cccc1OC. The molecule has 1 rings (SSSR count). The number of esters is 1. The summed E-state index contributed by atoms with van der Waals surface area (Å²) < 4.78 is 14.9. The third-order valence-electron chi connectivity index (χ3n) is 2.57. The Morgan fingerprint density at radius 3 is 2.35 bits per heavy atom. The summed E-state index contributed by atoms with van der Waals surface area (Å²) in [6, 6.07) is 4.55. The molecule has 0 saturated heterocycles. The fraction of sp³-hybridized carbons (Fsp3) is 0.438. The maximum Gasteiger partial charge on any atom is 0.412 e. The highest BCUT2D eigenvalue weighted by Gasteiger charge is 2.26. The lowest BCUT2D eigenvalue weighted by Crippen LogP contribution is -2.28. The molecule has 0 saturated carbocycles. The molecule has 0 fully saturated rings. The number of ketones is 1. The smallest absolute Gasteiger partial charge is 0.412 e. The highest BCUT2D eigenvalue weighted by Crippen LogP contribution is 2.28. The number of carbonyl (C=O) groups is 3. The second-order valence-electron chi connectivity index (χ2n) is 5.56. The Morgan fingerprint density at radius 2 is 1.83 bits per heavy atom. The Morgan fingerprint density at radius 1 is 1.17 bits per heavy atom. The topological polar surface area (TPSA) is 90.9 Å². The lowest BCUT2D eigenvalue weighted by atomic mass is 10.1. The molecule has 0 aliphatic heterocycles. The first kappa shape index (κ1) is 18.5. The highest BCUT2D eigenvalue weighted by atomic mass is 16.6. The minimum Gasteiger partial charge on any atom is -0.496 e. The van der Waals surface area contributed by atoms with Gasteiger partial charge in [-0.3, -0.25) is 10.1 Å². The molecule has 1 aromatic rings. The maximum atomic E-state index is 12.3. The van der Waals surface area contributed by atoms with Crippen LogP contribution in [0, 0.1) is 0 Å². The van der Waals surface area contributed by atoms with Crippen LogP contribution in [-0.2, 0) is 14.3 Å². The van der Waals surface area contributed by atoms with Gasteiger partial charge in [-0.1, -0.05) is 6.07 Å². The molecule has 23 heavy (non-hydrogen) atoms. The van der Waals surface area contributed by atoms with E-state index in [2.05, 4.69) is 5.32 Å². The van der Waals surface area contributed by atoms with Gasteiger partial charge >= 0.3 is 12.1 Å². The van der Waals surface area contributed by atoms with Crippen molar-refractivity contribution < 1.29 is 28.6 Å². The van der Waals surface area contributed by atoms with Gasteiger partial charge in [0.2, 0.25) is 0 Å². The van der Waals surface area contributed by atoms with Crippen molar-refractivity contribution in [1.82, 2.24) is 0 Å². The minimum absolute atomic E-state index is 0.0640. The molecule has 0 aliphatic rings. The monoisotopic (exact) mass is 323 g/mol. The summed E-state index contributed by atoms with van der Waals surface area (Å²) in [6.45, 7) is 6.79. The van der Waals surface area contributed by atoms with E-state index in [4.69, 9.17) is 14.2 Å². The van der Waals surface area contributed by atoms with E-state index >= 15 is 0 Å². The molecule has 0 aliphatic carbocycles. The molecule has 7 nitrogen and oxygen atoms in total. The van der Waals surface area contributed by atoms with Crippen molar-refractivity contribution >= 4 is 23.5 Å². The van der Waals surface area contributed by atoms with Gasteiger partial charge in [0, 0.05) is 0 Å². The standard InChI is InChI=1S/C16H21NO6/c1-6-22-14(19)13(18)12-10(8-7-9-11(12)21-5)17-15(20)23-16(2,3)4/h7-9H,6H2,1-5H3,(H,17,20). The number of hydrogen-bond donors (Lipinski definition) is 1. The van der Waals surface area contributed by atoms with E-state index in [1.54, 1.807) is 33.8 Å². The number of ether oxygens (including phenoxy) is 3. The zero-order valence-corrected chi connectivity index (χ0v) is 13.9. The van der Waals surface area contributed by atoms with Crippen molar-refractivity contribution in [2.45, 2.75) is 33.3 Å². The van der Waals surface area contributed by atoms with Gasteiger partial charge in [0.1, 0.15) is 11.4 Å². The summed E-state index contributed by atoms with van der Waals surface area (Å²) in [7, 11) is 1.36. The number of carbonyl (C=O) groups excluding carboxylic acids is 3. The number of hydrogen-bond acceptors (Lipinski definition) is 6. The first-order chi connectivity index (χ1) is 10.7. The molecule has 7 heteroatoms. The van der Waals surface area contributed by atoms with Gasteiger partial charge in [-0.25, -0.2) is 9.59 Å². The third-order valence-corrected chi connectivity index (χ3v) is 2.57. The summed E-state index contributed by atoms with van der Waals surface area (Å²) in [6.07, 6.45) is -0.747. The second-order valence-corrected chi connectivity index (χ2v) is 5.56. The van der Waals surface area contributed by atoms with Crippen LogP contribution in [0.5, 0.6) is 5.75 Å². The summed E-state index contributed by atoms with van der Waals surface area (Å²) in [5.74, 6) is -1.78. The number of amides is 1. The maximum absolute atomic E-state index is 12.3. The van der Waals surface area contributed by atoms with Crippen LogP contribution in [0.3, 0.4) is 0 Å². The minimum atomic E-state index is -1.02. The highest BCUT2D eigenvalue weighted by molar-refractivity contribution is 6.42. The Hall–Kier alpha value is -2.57. The van der Waals surface area contributed by atoms with Crippen LogP contribution in [0.25, 0.3) is 0 Å². The average molecular weight is 323 g/mol. The van der Waals surface area contributed by atoms with Crippen molar-refractivity contribution in [3.63, 3.8) is 0 Å². The Bertz CT molecular complexity index is 603. The molecule has 0 atom stereocenters. The molecular weight excluding hydrogens is 302 g/mol. The van der Waals surface area contributed by atoms with E-state index in [1.807, 2.05) is 0 Å². The summed E-state index contributed by atoms with van der Waals surface area (Å²) in [4.78, 5) is 35.9. The van der Waals surface area contributed by atoms with Crippen LogP contribution in [0.1, 0.15) is 38.1 Å². The summed E-state index contributed by atoms with van der Waals surface area (Å²) >= 11 is 0. The van der Waals surface area contributed by atoms with Crippen molar-refractivity contribution in [2.75, 3.05) is 19.0 Å². The predicted molar refractivity (Wildman–Crippen MR) is 83.8 cm³/mol. The molecule has 126 valence electrons. The van der Waals surface area contributed by atoms with Crippen LogP contribution < -0.4 is 10.1 Å². The van der Waals surface area contributed by atoms with Crippen molar-refractivity contribution in [3.8, 4) is 5.75 Å². The van der Waals surface area contributed by atoms with Gasteiger partial charge in [-0.05, 0) is 39.8 Å². The van der Waals surface area contributed by atoms with E-state index in [9.17, 15) is 14.4 Å². The molecule has 0 aromatic heterocycles. The van der Waals surface area contributed by atoms with Gasteiger partial charge in [0.05, 0.1) is 25.0 Å². The quantitative estimate of drug-likeness (QED) is 0.509. The number of Topliss-reactive ketones (excluding diaryl/α,β-unsaturated/α-hetero) is 1. The number of nitrogens with one attached hydrogen (secondary N) is 1. The van der Waals surface area contributed by atoms with Crippen molar-refractivity contribution in [3.05, 3.63) is 23.8 Å². The predicted octanol–water partition coefficient (Wildman–Crippen LogP) is 2.79. The normalized spacial score (nSPS) is 10.7. The molecule has 0 spiro atoms. The fourth-order valence-electron chi connectivity index (χ4n) is 1.75. The Labute approximate surface area is 134 Å². The number of rotatable bonds is 5.